The number of hydrogen-bond acceptors (Lipinski definition) is 7. The molecule has 1 unspecified atom stereocenters. The Morgan fingerprint density at radius 2 is 1.92 bits per heavy atom. The minimum atomic E-state index is -3.45. The van der Waals surface area contributed by atoms with Crippen LogP contribution >= 0.6 is 11.6 Å². The van der Waals surface area contributed by atoms with E-state index in [0.29, 0.717) is 55.6 Å². The van der Waals surface area contributed by atoms with E-state index in [-0.39, 0.29) is 35.2 Å². The second-order valence-corrected chi connectivity index (χ2v) is 17.4. The molecule has 6 rings (SSSR count). The van der Waals surface area contributed by atoms with Crippen LogP contribution in [0.4, 0.5) is 5.69 Å². The molecule has 2 heterocycles. The van der Waals surface area contributed by atoms with Crippen LogP contribution in [0.15, 0.2) is 52.9 Å². The van der Waals surface area contributed by atoms with Crippen molar-refractivity contribution in [2.24, 2.45) is 28.0 Å². The van der Waals surface area contributed by atoms with Gasteiger partial charge in [0.15, 0.2) is 0 Å². The monoisotopic (exact) mass is 725 g/mol. The Morgan fingerprint density at radius 3 is 2.66 bits per heavy atom. The number of carbonyl (C=O) groups is 2. The molecule has 5 atom stereocenters. The van der Waals surface area contributed by atoms with Gasteiger partial charge >= 0.3 is 0 Å². The minimum absolute atomic E-state index is 0.0461. The molecule has 2 bridgehead atoms. The van der Waals surface area contributed by atoms with Crippen molar-refractivity contribution in [3.8, 4) is 5.75 Å². The Kier molecular flexibility index (Phi) is 11.6. The van der Waals surface area contributed by atoms with Gasteiger partial charge in [-0.05, 0) is 124 Å². The first kappa shape index (κ1) is 36.9. The Bertz CT molecular complexity index is 1720. The highest BCUT2D eigenvalue weighted by Gasteiger charge is 2.45. The second-order valence-electron chi connectivity index (χ2n) is 15.0. The van der Waals surface area contributed by atoms with E-state index in [0.717, 1.165) is 55.8 Å². The quantitative estimate of drug-likeness (QED) is 0.333. The summed E-state index contributed by atoms with van der Waals surface area (Å²) in [5, 5.41) is 0.744. The summed E-state index contributed by atoms with van der Waals surface area (Å²) in [6.07, 6.45) is 11.6. The molecule has 2 aromatic rings. The first-order valence-electron chi connectivity index (χ1n) is 18.1. The molecule has 0 spiro atoms. The number of benzene rings is 2. The van der Waals surface area contributed by atoms with E-state index >= 15 is 0 Å². The SMILES string of the molecule is CO[C@H]1/C=C/C[C@H](C)CS(=O)(NC(=O)C2CC(C)(OC)C2)=NC(=O)c2ccc3c(c2)N(CCc2ccc(Cl)cc2CCCCO3)C[C@@H]2CC[C@H]21. The van der Waals surface area contributed by atoms with Gasteiger partial charge in [-0.15, -0.1) is 4.36 Å². The first-order valence-corrected chi connectivity index (χ1v) is 20.2. The Hall–Kier alpha value is -2.92. The maximum atomic E-state index is 14.5. The molecule has 2 aromatic carbocycles. The third kappa shape index (κ3) is 8.57. The number of methoxy groups -OCH3 is 2. The molecular formula is C39H52ClN3O6S. The van der Waals surface area contributed by atoms with Crippen molar-refractivity contribution >= 4 is 39.0 Å². The van der Waals surface area contributed by atoms with Crippen LogP contribution in [-0.4, -0.2) is 67.4 Å². The Morgan fingerprint density at radius 1 is 1.10 bits per heavy atom. The molecule has 50 heavy (non-hydrogen) atoms. The first-order chi connectivity index (χ1) is 24.0. The van der Waals surface area contributed by atoms with Crippen LogP contribution in [0.3, 0.4) is 0 Å². The van der Waals surface area contributed by atoms with Gasteiger partial charge in [-0.3, -0.25) is 14.3 Å². The lowest BCUT2D eigenvalue weighted by molar-refractivity contribution is -0.141. The van der Waals surface area contributed by atoms with Gasteiger partial charge in [-0.2, -0.15) is 0 Å². The van der Waals surface area contributed by atoms with Gasteiger partial charge in [0.2, 0.25) is 5.91 Å². The molecule has 9 nitrogen and oxygen atoms in total. The standard InChI is InChI=1S/C39H52ClN3O6S/c1-26-8-7-10-35(47-3)33-15-12-30(33)24-43-18-17-27-11-14-32(40)20-28(27)9-5-6-19-49-36-16-13-29(21-34(36)43)37(44)41-50(46,25-26)42-38(45)31-22-39(2,23-31)48-4/h7,10-11,13-14,16,20-21,26,30-31,33,35H,5-6,8-9,12,15,17-19,22-25H2,1-4H3,(H,41,42,44,45,46)/b10-7+/t26-,30-,31?,33+,35-,39?,50?/m0/s1. The van der Waals surface area contributed by atoms with Crippen molar-refractivity contribution in [2.45, 2.75) is 83.3 Å². The number of halogens is 1. The molecule has 1 N–H and O–H groups in total. The molecule has 2 aliphatic carbocycles. The molecule has 2 fully saturated rings. The van der Waals surface area contributed by atoms with Gasteiger partial charge in [0.05, 0.1) is 29.8 Å². The second kappa shape index (κ2) is 15.8. The maximum Gasteiger partial charge on any atom is 0.286 e. The lowest BCUT2D eigenvalue weighted by Gasteiger charge is -2.43. The number of nitrogens with one attached hydrogen (secondary N) is 1. The van der Waals surface area contributed by atoms with Gasteiger partial charge < -0.3 is 19.1 Å². The van der Waals surface area contributed by atoms with Gasteiger partial charge in [-0.1, -0.05) is 36.7 Å². The normalized spacial score (nSPS) is 32.6. The highest BCUT2D eigenvalue weighted by molar-refractivity contribution is 7.92. The molecule has 2 amide bonds. The summed E-state index contributed by atoms with van der Waals surface area (Å²) in [5.41, 5.74) is 3.30. The zero-order valence-corrected chi connectivity index (χ0v) is 31.4. The molecule has 0 radical (unpaired) electrons. The molecule has 4 aliphatic rings. The Balaban J connectivity index is 1.39. The van der Waals surface area contributed by atoms with E-state index in [4.69, 9.17) is 25.8 Å². The van der Waals surface area contributed by atoms with Crippen LogP contribution in [0.5, 0.6) is 5.75 Å². The van der Waals surface area contributed by atoms with Crippen molar-refractivity contribution < 1.29 is 28.0 Å². The van der Waals surface area contributed by atoms with Crippen molar-refractivity contribution in [3.63, 3.8) is 0 Å². The molecule has 0 saturated heterocycles. The third-order valence-electron chi connectivity index (χ3n) is 11.2. The zero-order valence-electron chi connectivity index (χ0n) is 29.8. The smallest absolute Gasteiger partial charge is 0.286 e. The number of fused-ring (bicyclic) bond motifs is 3. The average molecular weight is 726 g/mol. The van der Waals surface area contributed by atoms with Crippen LogP contribution in [0.1, 0.15) is 80.3 Å². The van der Waals surface area contributed by atoms with Gasteiger partial charge in [0, 0.05) is 43.8 Å². The lowest BCUT2D eigenvalue weighted by Crippen LogP contribution is -2.50. The van der Waals surface area contributed by atoms with Crippen molar-refractivity contribution in [2.75, 3.05) is 44.6 Å². The minimum Gasteiger partial charge on any atom is -0.491 e. The number of anilines is 1. The van der Waals surface area contributed by atoms with E-state index in [9.17, 15) is 13.8 Å². The summed E-state index contributed by atoms with van der Waals surface area (Å²) in [6.45, 7) is 5.96. The number of carbonyl (C=O) groups excluding carboxylic acids is 2. The average Bonchev–Trinajstić information content (AvgIpc) is 3.05. The van der Waals surface area contributed by atoms with Crippen LogP contribution in [-0.2, 0) is 37.0 Å². The molecule has 11 heteroatoms. The molecule has 272 valence electrons. The zero-order chi connectivity index (χ0) is 35.5. The summed E-state index contributed by atoms with van der Waals surface area (Å²) >= 11 is 6.42. The summed E-state index contributed by atoms with van der Waals surface area (Å²) in [7, 11) is -0.0474. The highest BCUT2D eigenvalue weighted by Crippen LogP contribution is 2.42. The fourth-order valence-electron chi connectivity index (χ4n) is 7.95. The number of ether oxygens (including phenoxy) is 3. The summed E-state index contributed by atoms with van der Waals surface area (Å²) in [6, 6.07) is 11.6. The fraction of sp³-hybridized carbons (Fsp3) is 0.590. The number of amides is 2. The molecular weight excluding hydrogens is 674 g/mol. The summed E-state index contributed by atoms with van der Waals surface area (Å²) in [4.78, 5) is 29.7. The van der Waals surface area contributed by atoms with Crippen LogP contribution in [0.25, 0.3) is 0 Å². The van der Waals surface area contributed by atoms with E-state index in [2.05, 4.69) is 38.3 Å². The summed E-state index contributed by atoms with van der Waals surface area (Å²) < 4.78 is 39.5. The molecule has 0 aromatic heterocycles. The van der Waals surface area contributed by atoms with E-state index < -0.39 is 15.8 Å². The van der Waals surface area contributed by atoms with Crippen LogP contribution in [0.2, 0.25) is 5.02 Å². The highest BCUT2D eigenvalue weighted by atomic mass is 35.5. The summed E-state index contributed by atoms with van der Waals surface area (Å²) in [5.74, 6) is 0.0829. The van der Waals surface area contributed by atoms with Crippen molar-refractivity contribution in [1.29, 1.82) is 0 Å². The number of nitrogens with zero attached hydrogens (tertiary/aromatic N) is 2. The van der Waals surface area contributed by atoms with E-state index in [1.54, 1.807) is 20.3 Å². The number of hydrogen-bond donors (Lipinski definition) is 1. The molecule has 2 aliphatic heterocycles. The van der Waals surface area contributed by atoms with E-state index in [1.807, 2.05) is 32.0 Å². The fourth-order valence-corrected chi connectivity index (χ4v) is 10.1. The van der Waals surface area contributed by atoms with Gasteiger partial charge in [-0.25, -0.2) is 4.21 Å². The van der Waals surface area contributed by atoms with Crippen molar-refractivity contribution in [3.05, 3.63) is 70.3 Å². The van der Waals surface area contributed by atoms with Crippen molar-refractivity contribution in [1.82, 2.24) is 4.72 Å². The van der Waals surface area contributed by atoms with Crippen LogP contribution in [0, 0.1) is 23.7 Å². The third-order valence-corrected chi connectivity index (χ3v) is 13.4. The number of allylic oxidation sites excluding steroid dienone is 1. The number of rotatable bonds is 4. The lowest BCUT2D eigenvalue weighted by atomic mass is 9.70. The van der Waals surface area contributed by atoms with Crippen LogP contribution < -0.4 is 14.4 Å². The van der Waals surface area contributed by atoms with Gasteiger partial charge in [0.25, 0.3) is 5.91 Å². The maximum absolute atomic E-state index is 14.5. The predicted octanol–water partition coefficient (Wildman–Crippen LogP) is 7.20. The van der Waals surface area contributed by atoms with Gasteiger partial charge in [0.1, 0.15) is 15.7 Å². The largest absolute Gasteiger partial charge is 0.491 e. The topological polar surface area (TPSA) is 107 Å². The number of aryl methyl sites for hydroxylation is 1. The molecule has 2 saturated carbocycles. The van der Waals surface area contributed by atoms with E-state index in [1.165, 1.54) is 11.1 Å². The Labute approximate surface area is 302 Å². The predicted molar refractivity (Wildman–Crippen MR) is 198 cm³/mol.